The highest BCUT2D eigenvalue weighted by Gasteiger charge is 2.38. The second kappa shape index (κ2) is 10.0. The van der Waals surface area contributed by atoms with Crippen LogP contribution in [-0.4, -0.2) is 63.3 Å². The molecule has 0 spiro atoms. The molecule has 0 unspecified atom stereocenters. The Kier molecular flexibility index (Phi) is 7.32. The van der Waals surface area contributed by atoms with Crippen molar-refractivity contribution in [1.29, 1.82) is 0 Å². The lowest BCUT2D eigenvalue weighted by molar-refractivity contribution is -0.192. The maximum Gasteiger partial charge on any atom is 0.490 e. The second-order valence-electron chi connectivity index (χ2n) is 7.50. The van der Waals surface area contributed by atoms with Crippen LogP contribution in [0, 0.1) is 5.82 Å². The zero-order valence-electron chi connectivity index (χ0n) is 17.5. The van der Waals surface area contributed by atoms with Crippen LogP contribution < -0.4 is 10.6 Å². The number of alkyl halides is 3. The number of aliphatic hydroxyl groups is 1. The number of benzene rings is 2. The van der Waals surface area contributed by atoms with E-state index in [0.717, 1.165) is 16.9 Å². The van der Waals surface area contributed by atoms with Crippen molar-refractivity contribution < 1.29 is 37.4 Å². The number of nitrogens with zero attached hydrogens (tertiary/aromatic N) is 2. The highest BCUT2D eigenvalue weighted by molar-refractivity contribution is 5.94. The van der Waals surface area contributed by atoms with Gasteiger partial charge in [0.25, 0.3) is 5.91 Å². The molecule has 1 saturated heterocycles. The van der Waals surface area contributed by atoms with Gasteiger partial charge in [0.1, 0.15) is 11.4 Å². The van der Waals surface area contributed by atoms with Crippen molar-refractivity contribution in [2.75, 3.05) is 19.6 Å². The van der Waals surface area contributed by atoms with Crippen molar-refractivity contribution in [3.05, 3.63) is 72.2 Å². The number of hydrogen-bond acceptors (Lipinski definition) is 5. The number of carboxylic acid groups (broad SMARTS) is 1. The Morgan fingerprint density at radius 2 is 1.65 bits per heavy atom. The molecule has 1 amide bonds. The minimum Gasteiger partial charge on any atom is -0.475 e. The van der Waals surface area contributed by atoms with E-state index in [9.17, 15) is 27.5 Å². The van der Waals surface area contributed by atoms with E-state index in [-0.39, 0.29) is 18.3 Å². The zero-order valence-corrected chi connectivity index (χ0v) is 17.5. The van der Waals surface area contributed by atoms with Gasteiger partial charge in [-0.05, 0) is 54.6 Å². The number of aromatic nitrogens is 2. The summed E-state index contributed by atoms with van der Waals surface area (Å²) in [4.78, 5) is 21.1. The fourth-order valence-electron chi connectivity index (χ4n) is 2.99. The number of aliphatic carboxylic acids is 1. The Morgan fingerprint density at radius 3 is 2.15 bits per heavy atom. The van der Waals surface area contributed by atoms with E-state index < -0.39 is 17.7 Å². The Bertz CT molecular complexity index is 1140. The summed E-state index contributed by atoms with van der Waals surface area (Å²) in [5.74, 6) is -3.28. The van der Waals surface area contributed by atoms with Gasteiger partial charge in [0, 0.05) is 30.8 Å². The topological polar surface area (TPSA) is 116 Å². The van der Waals surface area contributed by atoms with Crippen LogP contribution in [-0.2, 0) is 4.79 Å². The molecule has 0 bridgehead atoms. The van der Waals surface area contributed by atoms with Crippen LogP contribution in [0.2, 0.25) is 0 Å². The fourth-order valence-corrected chi connectivity index (χ4v) is 2.99. The number of carboxylic acids is 1. The lowest BCUT2D eigenvalue weighted by Gasteiger charge is -2.37. The molecule has 0 aliphatic carbocycles. The zero-order chi connectivity index (χ0) is 24.9. The van der Waals surface area contributed by atoms with Gasteiger partial charge >= 0.3 is 12.1 Å². The van der Waals surface area contributed by atoms with Crippen LogP contribution in [0.3, 0.4) is 0 Å². The molecule has 2 heterocycles. The third-order valence-corrected chi connectivity index (χ3v) is 4.89. The maximum absolute atomic E-state index is 13.2. The lowest BCUT2D eigenvalue weighted by atomic mass is 9.97. The van der Waals surface area contributed by atoms with Crippen molar-refractivity contribution in [2.45, 2.75) is 11.8 Å². The Labute approximate surface area is 190 Å². The Morgan fingerprint density at radius 1 is 1.06 bits per heavy atom. The van der Waals surface area contributed by atoms with Gasteiger partial charge in [-0.1, -0.05) is 0 Å². The Hall–Kier alpha value is -3.77. The van der Waals surface area contributed by atoms with Crippen molar-refractivity contribution >= 4 is 11.9 Å². The number of halogens is 4. The summed E-state index contributed by atoms with van der Waals surface area (Å²) in [6.45, 7) is 1.18. The molecule has 3 aromatic rings. The number of nitrogens with one attached hydrogen (secondary N) is 2. The van der Waals surface area contributed by atoms with Crippen LogP contribution in [0.1, 0.15) is 10.4 Å². The average Bonchev–Trinajstić information content (AvgIpc) is 3.26. The summed E-state index contributed by atoms with van der Waals surface area (Å²) in [6, 6.07) is 15.1. The fraction of sp³-hybridized carbons (Fsp3) is 0.227. The number of carbonyl (C=O) groups excluding carboxylic acids is 1. The molecule has 0 radical (unpaired) electrons. The van der Waals surface area contributed by atoms with E-state index in [2.05, 4.69) is 15.7 Å². The molecule has 1 fully saturated rings. The van der Waals surface area contributed by atoms with Gasteiger partial charge in [-0.2, -0.15) is 18.3 Å². The van der Waals surface area contributed by atoms with E-state index in [4.69, 9.17) is 9.90 Å². The third-order valence-electron chi connectivity index (χ3n) is 4.89. The van der Waals surface area contributed by atoms with Crippen molar-refractivity contribution in [3.63, 3.8) is 0 Å². The quantitative estimate of drug-likeness (QED) is 0.417. The van der Waals surface area contributed by atoms with Crippen LogP contribution in [0.25, 0.3) is 16.9 Å². The van der Waals surface area contributed by atoms with E-state index in [1.165, 1.54) is 12.1 Å². The first-order valence-electron chi connectivity index (χ1n) is 9.90. The number of hydrogen-bond donors (Lipinski definition) is 4. The SMILES string of the molecule is O=C(NCC1(O)CNC1)c1ccc(-n2nccc2-c2ccc(F)cc2)cc1.O=C(O)C(F)(F)F. The molecule has 0 saturated carbocycles. The van der Waals surface area contributed by atoms with Gasteiger partial charge in [-0.15, -0.1) is 0 Å². The highest BCUT2D eigenvalue weighted by atomic mass is 19.4. The maximum atomic E-state index is 13.2. The predicted octanol–water partition coefficient (Wildman–Crippen LogP) is 2.38. The smallest absolute Gasteiger partial charge is 0.475 e. The van der Waals surface area contributed by atoms with Crippen molar-refractivity contribution in [2.24, 2.45) is 0 Å². The predicted molar refractivity (Wildman–Crippen MR) is 113 cm³/mol. The summed E-state index contributed by atoms with van der Waals surface area (Å²) in [5, 5.41) is 27.2. The molecule has 12 heteroatoms. The molecule has 0 atom stereocenters. The number of rotatable bonds is 5. The summed E-state index contributed by atoms with van der Waals surface area (Å²) >= 11 is 0. The molecule has 2 aromatic carbocycles. The minimum absolute atomic E-state index is 0.217. The van der Waals surface area contributed by atoms with Crippen LogP contribution in [0.4, 0.5) is 17.6 Å². The molecule has 4 rings (SSSR count). The molecular formula is C22H20F4N4O4. The van der Waals surface area contributed by atoms with Crippen LogP contribution in [0.15, 0.2) is 60.8 Å². The van der Waals surface area contributed by atoms with Crippen LogP contribution >= 0.6 is 0 Å². The first-order valence-corrected chi connectivity index (χ1v) is 9.90. The van der Waals surface area contributed by atoms with Crippen LogP contribution in [0.5, 0.6) is 0 Å². The van der Waals surface area contributed by atoms with E-state index in [1.54, 1.807) is 47.3 Å². The van der Waals surface area contributed by atoms with Crippen molar-refractivity contribution in [1.82, 2.24) is 20.4 Å². The normalized spacial score (nSPS) is 14.4. The summed E-state index contributed by atoms with van der Waals surface area (Å²) < 4.78 is 46.6. The largest absolute Gasteiger partial charge is 0.490 e. The molecule has 1 aliphatic rings. The van der Waals surface area contributed by atoms with E-state index in [0.29, 0.717) is 18.7 Å². The molecule has 8 nitrogen and oxygen atoms in total. The van der Waals surface area contributed by atoms with Gasteiger partial charge in [0.05, 0.1) is 17.6 Å². The Balaban J connectivity index is 0.000000406. The molecular weight excluding hydrogens is 460 g/mol. The summed E-state index contributed by atoms with van der Waals surface area (Å²) in [6.07, 6.45) is -3.41. The molecule has 1 aromatic heterocycles. The van der Waals surface area contributed by atoms with Crippen molar-refractivity contribution in [3.8, 4) is 16.9 Å². The monoisotopic (exact) mass is 480 g/mol. The molecule has 1 aliphatic heterocycles. The van der Waals surface area contributed by atoms with Gasteiger partial charge in [-0.25, -0.2) is 13.9 Å². The minimum atomic E-state index is -5.08. The first kappa shape index (κ1) is 24.9. The van der Waals surface area contributed by atoms with Gasteiger partial charge in [0.2, 0.25) is 0 Å². The van der Waals surface area contributed by atoms with E-state index in [1.807, 2.05) is 6.07 Å². The summed E-state index contributed by atoms with van der Waals surface area (Å²) in [5.41, 5.74) is 2.11. The number of amides is 1. The van der Waals surface area contributed by atoms with Gasteiger partial charge in [-0.3, -0.25) is 4.79 Å². The highest BCUT2D eigenvalue weighted by Crippen LogP contribution is 2.23. The number of carbonyl (C=O) groups is 2. The lowest BCUT2D eigenvalue weighted by Crippen LogP contribution is -2.64. The first-order chi connectivity index (χ1) is 16.0. The molecule has 34 heavy (non-hydrogen) atoms. The summed E-state index contributed by atoms with van der Waals surface area (Å²) in [7, 11) is 0. The average molecular weight is 480 g/mol. The van der Waals surface area contributed by atoms with Gasteiger partial charge < -0.3 is 20.8 Å². The number of β-amino-alcohol motifs (C(OH)–C–C–N with tert-alkyl or cyclic N) is 1. The molecule has 4 N–H and O–H groups in total. The standard InChI is InChI=1S/C20H19FN4O2.C2HF3O2/c21-16-5-1-14(2-6-16)18-9-10-24-25(18)17-7-3-15(4-8-17)19(26)23-13-20(27)11-22-12-20;3-2(4,5)1(6)7/h1-10,22,27H,11-13H2,(H,23,26);(H,6,7). The van der Waals surface area contributed by atoms with Gasteiger partial charge in [0.15, 0.2) is 0 Å². The second-order valence-corrected chi connectivity index (χ2v) is 7.50. The van der Waals surface area contributed by atoms with E-state index >= 15 is 0 Å². The molecule has 180 valence electrons. The third kappa shape index (κ3) is 6.17.